The second kappa shape index (κ2) is 9.69. The van der Waals surface area contributed by atoms with Crippen LogP contribution in [0.3, 0.4) is 0 Å². The Morgan fingerprint density at radius 3 is 2.13 bits per heavy atom. The number of carbonyl (C=O) groups is 1. The predicted octanol–water partition coefficient (Wildman–Crippen LogP) is 5.94. The largest absolute Gasteiger partial charge is 0.507 e. The van der Waals surface area contributed by atoms with Crippen LogP contribution < -0.4 is 0 Å². The molecule has 168 valence electrons. The molecule has 0 fully saturated rings. The lowest BCUT2D eigenvalue weighted by Gasteiger charge is -2.32. The minimum absolute atomic E-state index is 0.190. The van der Waals surface area contributed by atoms with Crippen molar-refractivity contribution >= 4 is 5.97 Å². The van der Waals surface area contributed by atoms with E-state index in [-0.39, 0.29) is 17.4 Å². The van der Waals surface area contributed by atoms with Gasteiger partial charge in [-0.05, 0) is 33.1 Å². The third-order valence-electron chi connectivity index (χ3n) is 5.22. The third-order valence-corrected chi connectivity index (χ3v) is 5.22. The van der Waals surface area contributed by atoms with E-state index in [9.17, 15) is 9.90 Å². The summed E-state index contributed by atoms with van der Waals surface area (Å²) >= 11 is 0. The van der Waals surface area contributed by atoms with Crippen molar-refractivity contribution in [2.45, 2.75) is 58.8 Å². The van der Waals surface area contributed by atoms with Gasteiger partial charge >= 0.3 is 5.97 Å². The minimum Gasteiger partial charge on any atom is -0.507 e. The molecule has 0 aliphatic carbocycles. The number of methoxy groups -OCH3 is 1. The van der Waals surface area contributed by atoms with Crippen LogP contribution in [0.4, 0.5) is 0 Å². The Morgan fingerprint density at radius 1 is 1.00 bits per heavy atom. The second-order valence-corrected chi connectivity index (χ2v) is 9.96. The molecule has 0 radical (unpaired) electrons. The first kappa shape index (κ1) is 24.7. The number of phenols is 1. The summed E-state index contributed by atoms with van der Waals surface area (Å²) in [7, 11) is 1.56. The van der Waals surface area contributed by atoms with Gasteiger partial charge in [-0.15, -0.1) is 0 Å². The highest BCUT2D eigenvalue weighted by Crippen LogP contribution is 2.46. The molecule has 0 saturated carbocycles. The Hall–Kier alpha value is -2.59. The van der Waals surface area contributed by atoms with Gasteiger partial charge in [0.25, 0.3) is 0 Å². The van der Waals surface area contributed by atoms with Gasteiger partial charge in [-0.1, -0.05) is 84.5 Å². The number of phenolic OH excluding ortho intramolecular Hbond substituents is 1. The maximum absolute atomic E-state index is 12.5. The molecule has 2 aromatic rings. The van der Waals surface area contributed by atoms with E-state index < -0.39 is 5.97 Å². The van der Waals surface area contributed by atoms with Gasteiger partial charge < -0.3 is 14.6 Å². The fourth-order valence-corrected chi connectivity index (χ4v) is 3.73. The average molecular weight is 425 g/mol. The number of hydrogen-bond donors (Lipinski definition) is 1. The summed E-state index contributed by atoms with van der Waals surface area (Å²) < 4.78 is 10.2. The average Bonchev–Trinajstić information content (AvgIpc) is 2.67. The van der Waals surface area contributed by atoms with E-state index in [1.54, 1.807) is 7.11 Å². The van der Waals surface area contributed by atoms with E-state index >= 15 is 0 Å². The second-order valence-electron chi connectivity index (χ2n) is 9.96. The summed E-state index contributed by atoms with van der Waals surface area (Å²) in [6, 6.07) is 12.0. The monoisotopic (exact) mass is 424 g/mol. The lowest BCUT2D eigenvalue weighted by molar-refractivity contribution is -0.140. The molecule has 1 N–H and O–H groups in total. The van der Waals surface area contributed by atoms with E-state index in [0.717, 1.165) is 27.8 Å². The van der Waals surface area contributed by atoms with Gasteiger partial charge in [0.05, 0.1) is 6.61 Å². The summed E-state index contributed by atoms with van der Waals surface area (Å²) in [5, 5.41) is 11.4. The lowest BCUT2D eigenvalue weighted by Crippen LogP contribution is -2.20. The van der Waals surface area contributed by atoms with Crippen LogP contribution in [0.15, 0.2) is 48.6 Å². The summed E-state index contributed by atoms with van der Waals surface area (Å²) in [5.74, 6) is -0.116. The quantitative estimate of drug-likeness (QED) is 0.339. The molecule has 31 heavy (non-hydrogen) atoms. The van der Waals surface area contributed by atoms with Crippen molar-refractivity contribution in [2.75, 3.05) is 20.3 Å². The Bertz CT molecular complexity index is 928. The highest BCUT2D eigenvalue weighted by Gasteiger charge is 2.31. The smallest absolute Gasteiger partial charge is 0.333 e. The number of esters is 1. The number of benzene rings is 2. The van der Waals surface area contributed by atoms with Crippen LogP contribution in [0.2, 0.25) is 0 Å². The van der Waals surface area contributed by atoms with E-state index in [1.807, 2.05) is 36.4 Å². The molecule has 0 heterocycles. The Kier molecular flexibility index (Phi) is 7.72. The standard InChI is InChI=1S/C27H36O4/c1-18(25(29)31-15-14-30-8)16-20-17-21(26(2,3)4)24(28)23(27(5,6)7)22(20)19-12-10-9-11-13-19/h9-13,17,28H,1,14-16H2,2-8H3. The van der Waals surface area contributed by atoms with Crippen molar-refractivity contribution in [1.29, 1.82) is 0 Å². The summed E-state index contributed by atoms with van der Waals surface area (Å²) in [6.07, 6.45) is 0.336. The molecule has 0 unspecified atom stereocenters. The van der Waals surface area contributed by atoms with Gasteiger partial charge in [0.2, 0.25) is 0 Å². The zero-order valence-corrected chi connectivity index (χ0v) is 20.0. The molecule has 0 bridgehead atoms. The molecular formula is C27H36O4. The lowest BCUT2D eigenvalue weighted by atomic mass is 9.73. The van der Waals surface area contributed by atoms with Crippen LogP contribution >= 0.6 is 0 Å². The predicted molar refractivity (Wildman–Crippen MR) is 127 cm³/mol. The van der Waals surface area contributed by atoms with Crippen LogP contribution in [0.5, 0.6) is 5.75 Å². The van der Waals surface area contributed by atoms with Crippen LogP contribution in [0.1, 0.15) is 58.2 Å². The van der Waals surface area contributed by atoms with Crippen molar-refractivity contribution in [2.24, 2.45) is 0 Å². The summed E-state index contributed by atoms with van der Waals surface area (Å²) in [5.41, 5.74) is 4.42. The fourth-order valence-electron chi connectivity index (χ4n) is 3.73. The molecule has 4 nitrogen and oxygen atoms in total. The van der Waals surface area contributed by atoms with Gasteiger partial charge in [0.15, 0.2) is 0 Å². The van der Waals surface area contributed by atoms with Gasteiger partial charge in [0.1, 0.15) is 12.4 Å². The highest BCUT2D eigenvalue weighted by atomic mass is 16.6. The van der Waals surface area contributed by atoms with Gasteiger partial charge in [-0.25, -0.2) is 4.79 Å². The van der Waals surface area contributed by atoms with Crippen LogP contribution in [-0.2, 0) is 31.5 Å². The third kappa shape index (κ3) is 5.98. The molecule has 0 saturated heterocycles. The topological polar surface area (TPSA) is 55.8 Å². The molecule has 0 spiro atoms. The van der Waals surface area contributed by atoms with E-state index in [0.29, 0.717) is 24.4 Å². The van der Waals surface area contributed by atoms with Gasteiger partial charge in [0, 0.05) is 24.7 Å². The zero-order valence-electron chi connectivity index (χ0n) is 20.0. The molecular weight excluding hydrogens is 388 g/mol. The van der Waals surface area contributed by atoms with Crippen molar-refractivity contribution in [3.05, 3.63) is 65.2 Å². The maximum atomic E-state index is 12.5. The van der Waals surface area contributed by atoms with Crippen LogP contribution in [-0.4, -0.2) is 31.4 Å². The highest BCUT2D eigenvalue weighted by molar-refractivity contribution is 5.89. The van der Waals surface area contributed by atoms with Crippen molar-refractivity contribution in [3.63, 3.8) is 0 Å². The molecule has 0 atom stereocenters. The van der Waals surface area contributed by atoms with Crippen molar-refractivity contribution in [3.8, 4) is 16.9 Å². The van der Waals surface area contributed by atoms with E-state index in [4.69, 9.17) is 9.47 Å². The number of carbonyl (C=O) groups excluding carboxylic acids is 1. The van der Waals surface area contributed by atoms with Crippen molar-refractivity contribution < 1.29 is 19.4 Å². The Labute approximate surface area is 186 Å². The number of rotatable bonds is 7. The van der Waals surface area contributed by atoms with Gasteiger partial charge in [-0.3, -0.25) is 0 Å². The summed E-state index contributed by atoms with van der Waals surface area (Å²) in [4.78, 5) is 12.5. The first-order valence-electron chi connectivity index (χ1n) is 10.7. The molecule has 2 aromatic carbocycles. The van der Waals surface area contributed by atoms with Crippen LogP contribution in [0.25, 0.3) is 11.1 Å². The normalized spacial score (nSPS) is 12.0. The maximum Gasteiger partial charge on any atom is 0.333 e. The minimum atomic E-state index is -0.432. The Morgan fingerprint density at radius 2 is 1.61 bits per heavy atom. The van der Waals surface area contributed by atoms with Crippen molar-refractivity contribution in [1.82, 2.24) is 0 Å². The summed E-state index contributed by atoms with van der Waals surface area (Å²) in [6.45, 7) is 17.0. The van der Waals surface area contributed by atoms with Crippen LogP contribution in [0, 0.1) is 0 Å². The molecule has 0 amide bonds. The van der Waals surface area contributed by atoms with E-state index in [2.05, 4.69) is 48.1 Å². The first-order chi connectivity index (χ1) is 14.4. The molecule has 0 aliphatic heterocycles. The number of ether oxygens (including phenoxy) is 2. The fraction of sp³-hybridized carbons (Fsp3) is 0.444. The Balaban J connectivity index is 2.70. The number of hydrogen-bond acceptors (Lipinski definition) is 4. The molecule has 4 heteroatoms. The van der Waals surface area contributed by atoms with E-state index in [1.165, 1.54) is 0 Å². The van der Waals surface area contributed by atoms with Gasteiger partial charge in [-0.2, -0.15) is 0 Å². The zero-order chi connectivity index (χ0) is 23.4. The SMILES string of the molecule is C=C(Cc1cc(C(C)(C)C)c(O)c(C(C)(C)C)c1-c1ccccc1)C(=O)OCCOC. The molecule has 0 aromatic heterocycles. The first-order valence-corrected chi connectivity index (χ1v) is 10.7. The number of aromatic hydroxyl groups is 1. The molecule has 2 rings (SSSR count). The molecule has 0 aliphatic rings.